The van der Waals surface area contributed by atoms with E-state index in [4.69, 9.17) is 0 Å². The Morgan fingerprint density at radius 1 is 0.352 bits per heavy atom. The van der Waals surface area contributed by atoms with Gasteiger partial charge in [0.05, 0.1) is 55.8 Å². The lowest BCUT2D eigenvalue weighted by atomic mass is 9.98. The highest BCUT2D eigenvalue weighted by molar-refractivity contribution is 6.09. The number of allylic oxidation sites excluding steroid dienone is 8. The van der Waals surface area contributed by atoms with Crippen molar-refractivity contribution in [2.75, 3.05) is 4.90 Å². The maximum Gasteiger partial charge on any atom is 0.338 e. The molecule has 8 heteroatoms. The first-order chi connectivity index (χ1) is 43.2. The minimum Gasteiger partial charge on any atom is -0.317 e. The van der Waals surface area contributed by atoms with Crippen LogP contribution >= 0.6 is 0 Å². The molecule has 4 heterocycles. The first kappa shape index (κ1) is 52.8. The molecular formula is C80H56N6O2. The summed E-state index contributed by atoms with van der Waals surface area (Å²) in [5.41, 5.74) is 20.7. The third-order valence-electron chi connectivity index (χ3n) is 16.8. The van der Waals surface area contributed by atoms with Crippen LogP contribution in [0.2, 0.25) is 0 Å². The summed E-state index contributed by atoms with van der Waals surface area (Å²) in [6, 6.07) is 90.9. The number of imidazole rings is 2. The van der Waals surface area contributed by atoms with E-state index in [2.05, 4.69) is 199 Å². The van der Waals surface area contributed by atoms with Crippen molar-refractivity contribution in [3.63, 3.8) is 0 Å². The maximum absolute atomic E-state index is 14.9. The first-order valence-electron chi connectivity index (χ1n) is 29.3. The molecule has 0 radical (unpaired) electrons. The van der Waals surface area contributed by atoms with E-state index in [0.717, 1.165) is 112 Å². The van der Waals surface area contributed by atoms with Crippen LogP contribution in [0.15, 0.2) is 333 Å². The van der Waals surface area contributed by atoms with E-state index in [1.165, 1.54) is 21.8 Å². The Morgan fingerprint density at radius 3 is 1.40 bits per heavy atom. The van der Waals surface area contributed by atoms with Crippen LogP contribution in [0.5, 0.6) is 0 Å². The number of rotatable bonds is 12. The largest absolute Gasteiger partial charge is 0.338 e. The quantitative estimate of drug-likeness (QED) is 0.115. The van der Waals surface area contributed by atoms with Crippen molar-refractivity contribution in [2.45, 2.75) is 0 Å². The lowest BCUT2D eigenvalue weighted by Gasteiger charge is -2.25. The number of anilines is 2. The highest BCUT2D eigenvalue weighted by Gasteiger charge is 2.20. The molecule has 0 bridgehead atoms. The summed E-state index contributed by atoms with van der Waals surface area (Å²) in [5.74, 6) is 0. The van der Waals surface area contributed by atoms with Gasteiger partial charge in [0.2, 0.25) is 0 Å². The Morgan fingerprint density at radius 2 is 0.807 bits per heavy atom. The van der Waals surface area contributed by atoms with E-state index in [1.807, 2.05) is 134 Å². The van der Waals surface area contributed by atoms with Crippen LogP contribution in [0, 0.1) is 0 Å². The second-order valence-corrected chi connectivity index (χ2v) is 22.0. The molecule has 8 nitrogen and oxygen atoms in total. The molecule has 0 fully saturated rings. The van der Waals surface area contributed by atoms with E-state index < -0.39 is 0 Å². The smallest absolute Gasteiger partial charge is 0.317 e. The fourth-order valence-electron chi connectivity index (χ4n) is 12.5. The summed E-state index contributed by atoms with van der Waals surface area (Å²) in [6.45, 7) is 13.1. The van der Waals surface area contributed by atoms with Gasteiger partial charge in [-0.15, -0.1) is 0 Å². The molecule has 15 rings (SSSR count). The van der Waals surface area contributed by atoms with E-state index in [0.29, 0.717) is 5.70 Å². The van der Waals surface area contributed by atoms with Crippen molar-refractivity contribution in [3.8, 4) is 56.1 Å². The highest BCUT2D eigenvalue weighted by atomic mass is 16.2. The van der Waals surface area contributed by atoms with Gasteiger partial charge in [-0.25, -0.2) is 9.59 Å². The van der Waals surface area contributed by atoms with Crippen LogP contribution in [-0.2, 0) is 0 Å². The van der Waals surface area contributed by atoms with Crippen LogP contribution in [0.4, 0.5) is 11.4 Å². The molecule has 1 aliphatic rings. The second kappa shape index (κ2) is 21.9. The van der Waals surface area contributed by atoms with Crippen molar-refractivity contribution >= 4 is 72.1 Å². The van der Waals surface area contributed by atoms with Crippen molar-refractivity contribution in [1.82, 2.24) is 22.8 Å². The fourth-order valence-corrected chi connectivity index (χ4v) is 12.5. The van der Waals surface area contributed by atoms with Gasteiger partial charge in [0.25, 0.3) is 0 Å². The predicted molar refractivity (Wildman–Crippen MR) is 366 cm³/mol. The molecule has 418 valence electrons. The van der Waals surface area contributed by atoms with Crippen LogP contribution < -0.4 is 16.3 Å². The summed E-state index contributed by atoms with van der Waals surface area (Å²) in [6.07, 6.45) is 11.9. The van der Waals surface area contributed by atoms with Gasteiger partial charge < -0.3 is 9.47 Å². The number of hydrogen-bond acceptors (Lipinski definition) is 3. The molecule has 1 aliphatic heterocycles. The van der Waals surface area contributed by atoms with Gasteiger partial charge in [-0.2, -0.15) is 0 Å². The van der Waals surface area contributed by atoms with E-state index in [9.17, 15) is 9.59 Å². The van der Waals surface area contributed by atoms with Crippen molar-refractivity contribution in [2.24, 2.45) is 0 Å². The van der Waals surface area contributed by atoms with Crippen molar-refractivity contribution < 1.29 is 0 Å². The summed E-state index contributed by atoms with van der Waals surface area (Å²) in [5, 5.41) is 2.46. The number of hydrogen-bond donors (Lipinski definition) is 0. The van der Waals surface area contributed by atoms with Gasteiger partial charge in [-0.1, -0.05) is 196 Å². The SMILES string of the molecule is C=C(/C=C\C(=C)n1c(=O)n(-c2cccc(-c3cccc(-c4cccc(-n5c(=O)n(-c6ccc(-c7ccc(-n8c9ccccc9c9ccccc98)cc7)cc6)c6ccccc65)c4)c3)c2)c2ccccc21)c1ccc(N2/C=C\C=C/C(=C)c3ccccc32)cc1. The fraction of sp³-hybridized carbons (Fsp3) is 0. The molecular weight excluding hydrogens is 1080 g/mol. The Bertz CT molecular complexity index is 5310. The highest BCUT2D eigenvalue weighted by Crippen LogP contribution is 2.37. The van der Waals surface area contributed by atoms with Gasteiger partial charge in [0.1, 0.15) is 0 Å². The van der Waals surface area contributed by atoms with Crippen LogP contribution in [0.25, 0.3) is 117 Å². The van der Waals surface area contributed by atoms with Gasteiger partial charge in [0.15, 0.2) is 0 Å². The Hall–Kier alpha value is -12.0. The molecule has 0 N–H and O–H groups in total. The number of fused-ring (bicyclic) bond motifs is 6. The maximum atomic E-state index is 14.9. The molecule has 3 aromatic heterocycles. The average molecular weight is 1130 g/mol. The number of aromatic nitrogens is 5. The molecule has 14 aromatic rings. The minimum atomic E-state index is -0.237. The van der Waals surface area contributed by atoms with E-state index >= 15 is 0 Å². The lowest BCUT2D eigenvalue weighted by Crippen LogP contribution is -2.22. The summed E-state index contributed by atoms with van der Waals surface area (Å²) in [4.78, 5) is 31.7. The normalized spacial score (nSPS) is 13.1. The summed E-state index contributed by atoms with van der Waals surface area (Å²) in [7, 11) is 0. The average Bonchev–Trinajstić information content (AvgIpc) is 1.78. The Balaban J connectivity index is 0.683. The standard InChI is InChI=1S/C80H56N6O2/c1-54(57-38-44-64(45-39-57)81-50-15-14-19-55(2)69-26-4-7-29-72(69)81)36-37-56(3)82-75-32-10-11-33-76(75)85(79(82)87)67-24-17-22-62(52-67)60-20-16-21-61(51-60)63-23-18-25-68(53-63)86-78-35-13-12-34-77(78)84(80(86)88)66-48-42-59(43-49-66)58-40-46-65(47-41-58)83-73-30-8-5-27-70(73)71-28-6-9-31-74(71)83/h4-53H,1-3H2/b19-14-,37-36-,50-15-. The molecule has 0 unspecified atom stereocenters. The Labute approximate surface area is 508 Å². The van der Waals surface area contributed by atoms with Gasteiger partial charge in [0, 0.05) is 39.6 Å². The molecule has 0 spiro atoms. The van der Waals surface area contributed by atoms with Crippen LogP contribution in [0.3, 0.4) is 0 Å². The topological polar surface area (TPSA) is 62.0 Å². The molecule has 11 aromatic carbocycles. The predicted octanol–water partition coefficient (Wildman–Crippen LogP) is 19.0. The molecule has 0 amide bonds. The summed E-state index contributed by atoms with van der Waals surface area (Å²) >= 11 is 0. The van der Waals surface area contributed by atoms with E-state index in [1.54, 1.807) is 18.3 Å². The molecule has 0 saturated heterocycles. The summed E-state index contributed by atoms with van der Waals surface area (Å²) < 4.78 is 9.32. The number of benzene rings is 11. The van der Waals surface area contributed by atoms with E-state index in [-0.39, 0.29) is 11.4 Å². The zero-order chi connectivity index (χ0) is 59.4. The third kappa shape index (κ3) is 9.20. The number of para-hydroxylation sites is 7. The zero-order valence-electron chi connectivity index (χ0n) is 48.0. The lowest BCUT2D eigenvalue weighted by molar-refractivity contribution is 0.931. The molecule has 88 heavy (non-hydrogen) atoms. The van der Waals surface area contributed by atoms with Crippen LogP contribution in [-0.4, -0.2) is 22.8 Å². The van der Waals surface area contributed by atoms with Crippen molar-refractivity contribution in [3.05, 3.63) is 355 Å². The Kier molecular flexibility index (Phi) is 13.1. The van der Waals surface area contributed by atoms with Gasteiger partial charge in [-0.3, -0.25) is 18.3 Å². The first-order valence-corrected chi connectivity index (χ1v) is 29.3. The zero-order valence-corrected chi connectivity index (χ0v) is 48.0. The third-order valence-corrected chi connectivity index (χ3v) is 16.8. The van der Waals surface area contributed by atoms with Gasteiger partial charge >= 0.3 is 11.4 Å². The number of nitrogens with zero attached hydrogens (tertiary/aromatic N) is 6. The molecule has 0 atom stereocenters. The second-order valence-electron chi connectivity index (χ2n) is 22.0. The molecule has 0 saturated carbocycles. The molecule has 0 aliphatic carbocycles. The van der Waals surface area contributed by atoms with Crippen LogP contribution in [0.1, 0.15) is 11.1 Å². The minimum absolute atomic E-state index is 0.162. The monoisotopic (exact) mass is 1130 g/mol. The van der Waals surface area contributed by atoms with Crippen molar-refractivity contribution in [1.29, 1.82) is 0 Å². The van der Waals surface area contributed by atoms with Gasteiger partial charge in [-0.05, 0) is 171 Å².